The molecule has 1 fully saturated rings. The molecule has 6 heteroatoms. The predicted molar refractivity (Wildman–Crippen MR) is 77.3 cm³/mol. The summed E-state index contributed by atoms with van der Waals surface area (Å²) in [7, 11) is 2.08. The molecule has 0 radical (unpaired) electrons. The van der Waals surface area contributed by atoms with Crippen molar-refractivity contribution in [2.45, 2.75) is 12.6 Å². The Morgan fingerprint density at radius 3 is 2.65 bits per heavy atom. The molecule has 1 saturated heterocycles. The van der Waals surface area contributed by atoms with Gasteiger partial charge in [0.25, 0.3) is 0 Å². The molecule has 1 aliphatic rings. The van der Waals surface area contributed by atoms with E-state index in [1.54, 1.807) is 18.4 Å². The van der Waals surface area contributed by atoms with E-state index in [4.69, 9.17) is 4.42 Å². The average Bonchev–Trinajstić information content (AvgIpc) is 2.76. The molecule has 0 amide bonds. The maximum absolute atomic E-state index is 12.9. The summed E-state index contributed by atoms with van der Waals surface area (Å²) in [6, 6.07) is 6.73. The highest BCUT2D eigenvalue weighted by Crippen LogP contribution is 2.19. The Kier molecular flexibility index (Phi) is 4.75. The lowest BCUT2D eigenvalue weighted by atomic mass is 10.1. The van der Waals surface area contributed by atoms with Crippen LogP contribution < -0.4 is 5.32 Å². The number of likely N-dealkylation sites (N-methyl/N-ethyl adjacent to an activating group) is 1. The number of benzene rings is 1. The van der Waals surface area contributed by atoms with Crippen LogP contribution in [-0.4, -0.2) is 36.1 Å². The van der Waals surface area contributed by atoms with E-state index in [0.717, 1.165) is 30.9 Å². The molecule has 1 N–H and O–H groups in total. The fourth-order valence-electron chi connectivity index (χ4n) is 2.07. The summed E-state index contributed by atoms with van der Waals surface area (Å²) in [5, 5.41) is 3.24. The van der Waals surface area contributed by atoms with Gasteiger partial charge in [0.1, 0.15) is 12.1 Å². The molecule has 0 unspecified atom stereocenters. The number of nitrogens with zero attached hydrogens (tertiary/aromatic N) is 2. The fourth-order valence-corrected chi connectivity index (χ4v) is 2.07. The molecular formula is C14H17ClFN3O. The Bertz CT molecular complexity index is 554. The zero-order chi connectivity index (χ0) is 13.2. The number of halogens is 2. The van der Waals surface area contributed by atoms with Gasteiger partial charge in [-0.15, -0.1) is 12.4 Å². The normalized spacial score (nSPS) is 14.9. The summed E-state index contributed by atoms with van der Waals surface area (Å²) in [5.41, 5.74) is 1.69. The molecule has 0 bridgehead atoms. The van der Waals surface area contributed by atoms with E-state index in [9.17, 15) is 4.39 Å². The Morgan fingerprint density at radius 1 is 1.35 bits per heavy atom. The molecule has 4 nitrogen and oxygen atoms in total. The van der Waals surface area contributed by atoms with Crippen LogP contribution in [0.2, 0.25) is 0 Å². The van der Waals surface area contributed by atoms with Crippen LogP contribution in [0.3, 0.4) is 0 Å². The van der Waals surface area contributed by atoms with Crippen molar-refractivity contribution in [3.63, 3.8) is 0 Å². The second-order valence-electron chi connectivity index (χ2n) is 4.88. The molecule has 0 spiro atoms. The van der Waals surface area contributed by atoms with Crippen LogP contribution in [0.5, 0.6) is 0 Å². The van der Waals surface area contributed by atoms with E-state index in [2.05, 4.69) is 22.2 Å². The highest BCUT2D eigenvalue weighted by Gasteiger charge is 2.22. The minimum absolute atomic E-state index is 0. The minimum Gasteiger partial charge on any atom is -0.444 e. The van der Waals surface area contributed by atoms with Gasteiger partial charge in [0.05, 0.1) is 5.69 Å². The zero-order valence-electron chi connectivity index (χ0n) is 11.2. The second kappa shape index (κ2) is 6.35. The van der Waals surface area contributed by atoms with Crippen LogP contribution in [0.25, 0.3) is 11.5 Å². The third-order valence-electron chi connectivity index (χ3n) is 3.44. The van der Waals surface area contributed by atoms with Gasteiger partial charge in [-0.2, -0.15) is 0 Å². The smallest absolute Gasteiger partial charge is 0.226 e. The Balaban J connectivity index is 0.00000147. The van der Waals surface area contributed by atoms with E-state index >= 15 is 0 Å². The van der Waals surface area contributed by atoms with Crippen molar-refractivity contribution in [1.29, 1.82) is 0 Å². The monoisotopic (exact) mass is 297 g/mol. The zero-order valence-corrected chi connectivity index (χ0v) is 12.0. The van der Waals surface area contributed by atoms with Crippen LogP contribution in [-0.2, 0) is 6.54 Å². The molecule has 0 saturated carbocycles. The van der Waals surface area contributed by atoms with Gasteiger partial charge in [-0.3, -0.25) is 4.90 Å². The van der Waals surface area contributed by atoms with Crippen molar-refractivity contribution >= 4 is 12.4 Å². The molecular weight excluding hydrogens is 281 g/mol. The first-order chi connectivity index (χ1) is 9.22. The third-order valence-corrected chi connectivity index (χ3v) is 3.44. The topological polar surface area (TPSA) is 41.3 Å². The van der Waals surface area contributed by atoms with Crippen molar-refractivity contribution in [2.24, 2.45) is 0 Å². The lowest BCUT2D eigenvalue weighted by molar-refractivity contribution is 0.171. The maximum atomic E-state index is 12.9. The molecule has 20 heavy (non-hydrogen) atoms. The summed E-state index contributed by atoms with van der Waals surface area (Å²) >= 11 is 0. The first-order valence-corrected chi connectivity index (χ1v) is 6.33. The van der Waals surface area contributed by atoms with Gasteiger partial charge in [-0.05, 0) is 31.3 Å². The van der Waals surface area contributed by atoms with E-state index in [-0.39, 0.29) is 18.2 Å². The number of hydrogen-bond donors (Lipinski definition) is 1. The van der Waals surface area contributed by atoms with Crippen molar-refractivity contribution in [1.82, 2.24) is 15.2 Å². The standard InChI is InChI=1S/C14H16FN3O.ClH/c1-18(13-6-16-7-13)8-12-9-19-14(17-12)10-2-4-11(15)5-3-10;/h2-5,9,13,16H,6-8H2,1H3;1H. The lowest BCUT2D eigenvalue weighted by Gasteiger charge is -2.35. The number of oxazole rings is 1. The van der Waals surface area contributed by atoms with E-state index in [0.29, 0.717) is 11.9 Å². The number of nitrogens with one attached hydrogen (secondary N) is 1. The number of rotatable bonds is 4. The first-order valence-electron chi connectivity index (χ1n) is 6.33. The summed E-state index contributed by atoms with van der Waals surface area (Å²) in [4.78, 5) is 6.69. The highest BCUT2D eigenvalue weighted by molar-refractivity contribution is 5.85. The van der Waals surface area contributed by atoms with Gasteiger partial charge in [-0.1, -0.05) is 0 Å². The van der Waals surface area contributed by atoms with Crippen LogP contribution in [0.1, 0.15) is 5.69 Å². The number of aromatic nitrogens is 1. The SMILES string of the molecule is CN(Cc1coc(-c2ccc(F)cc2)n1)C1CNC1.Cl. The summed E-state index contributed by atoms with van der Waals surface area (Å²) in [6.07, 6.45) is 1.67. The van der Waals surface area contributed by atoms with Gasteiger partial charge >= 0.3 is 0 Å². The van der Waals surface area contributed by atoms with Gasteiger partial charge < -0.3 is 9.73 Å². The van der Waals surface area contributed by atoms with E-state index < -0.39 is 0 Å². The van der Waals surface area contributed by atoms with Gasteiger partial charge in [0, 0.05) is 31.2 Å². The lowest BCUT2D eigenvalue weighted by Crippen LogP contribution is -2.55. The summed E-state index contributed by atoms with van der Waals surface area (Å²) in [6.45, 7) is 2.81. The molecule has 1 aromatic heterocycles. The van der Waals surface area contributed by atoms with Gasteiger partial charge in [0.2, 0.25) is 5.89 Å². The fraction of sp³-hybridized carbons (Fsp3) is 0.357. The van der Waals surface area contributed by atoms with Gasteiger partial charge in [0.15, 0.2) is 0 Å². The van der Waals surface area contributed by atoms with Crippen molar-refractivity contribution in [3.8, 4) is 11.5 Å². The average molecular weight is 298 g/mol. The summed E-state index contributed by atoms with van der Waals surface area (Å²) in [5.74, 6) is 0.280. The molecule has 3 rings (SSSR count). The van der Waals surface area contributed by atoms with Crippen LogP contribution >= 0.6 is 12.4 Å². The first kappa shape index (κ1) is 15.0. The third kappa shape index (κ3) is 3.17. The quantitative estimate of drug-likeness (QED) is 0.940. The van der Waals surface area contributed by atoms with Crippen LogP contribution in [0, 0.1) is 5.82 Å². The van der Waals surface area contributed by atoms with Crippen LogP contribution in [0.4, 0.5) is 4.39 Å². The van der Waals surface area contributed by atoms with Crippen molar-refractivity contribution in [3.05, 3.63) is 42.0 Å². The Labute approximate surface area is 123 Å². The van der Waals surface area contributed by atoms with E-state index in [1.165, 1.54) is 12.1 Å². The molecule has 108 valence electrons. The Morgan fingerprint density at radius 2 is 2.05 bits per heavy atom. The maximum Gasteiger partial charge on any atom is 0.226 e. The largest absolute Gasteiger partial charge is 0.444 e. The molecule has 1 aromatic carbocycles. The molecule has 2 aromatic rings. The molecule has 1 aliphatic heterocycles. The number of hydrogen-bond acceptors (Lipinski definition) is 4. The van der Waals surface area contributed by atoms with Gasteiger partial charge in [-0.25, -0.2) is 9.37 Å². The molecule has 0 atom stereocenters. The predicted octanol–water partition coefficient (Wildman–Crippen LogP) is 2.31. The second-order valence-corrected chi connectivity index (χ2v) is 4.88. The van der Waals surface area contributed by atoms with E-state index in [1.807, 2.05) is 0 Å². The minimum atomic E-state index is -0.257. The molecule has 0 aliphatic carbocycles. The van der Waals surface area contributed by atoms with Crippen molar-refractivity contribution < 1.29 is 8.81 Å². The Hall–Kier alpha value is -1.43. The summed E-state index contributed by atoms with van der Waals surface area (Å²) < 4.78 is 18.3. The molecule has 2 heterocycles. The van der Waals surface area contributed by atoms with Crippen molar-refractivity contribution in [2.75, 3.05) is 20.1 Å². The highest BCUT2D eigenvalue weighted by atomic mass is 35.5. The van der Waals surface area contributed by atoms with Crippen LogP contribution in [0.15, 0.2) is 34.9 Å².